The molecular formula is C15H20N4. The maximum atomic E-state index is 4.38. The Labute approximate surface area is 113 Å². The number of rotatable bonds is 3. The van der Waals surface area contributed by atoms with E-state index in [9.17, 15) is 0 Å². The lowest BCUT2D eigenvalue weighted by Crippen LogP contribution is -2.15. The van der Waals surface area contributed by atoms with Gasteiger partial charge in [0.05, 0.1) is 0 Å². The highest BCUT2D eigenvalue weighted by Crippen LogP contribution is 2.40. The first-order chi connectivity index (χ1) is 9.15. The Morgan fingerprint density at radius 3 is 2.74 bits per heavy atom. The van der Waals surface area contributed by atoms with Crippen molar-refractivity contribution in [3.05, 3.63) is 36.0 Å². The lowest BCUT2D eigenvalue weighted by molar-refractivity contribution is 0.334. The molecule has 0 aromatic carbocycles. The summed E-state index contributed by atoms with van der Waals surface area (Å²) in [6.07, 6.45) is 10.2. The molecule has 0 bridgehead atoms. The Morgan fingerprint density at radius 1 is 1.26 bits per heavy atom. The smallest absolute Gasteiger partial charge is 0.155 e. The summed E-state index contributed by atoms with van der Waals surface area (Å²) >= 11 is 0. The molecule has 2 heterocycles. The Morgan fingerprint density at radius 2 is 2.05 bits per heavy atom. The van der Waals surface area contributed by atoms with Gasteiger partial charge in [-0.25, -0.2) is 14.6 Å². The van der Waals surface area contributed by atoms with Crippen molar-refractivity contribution >= 4 is 0 Å². The van der Waals surface area contributed by atoms with E-state index in [1.807, 2.05) is 13.1 Å². The molecule has 0 unspecified atom stereocenters. The van der Waals surface area contributed by atoms with Crippen LogP contribution in [-0.4, -0.2) is 19.7 Å². The SMILES string of the molecule is Cc1ncn(-c2cc(CC3(C)CCCC3)ccn2)n1. The van der Waals surface area contributed by atoms with Crippen molar-refractivity contribution in [2.24, 2.45) is 5.41 Å². The molecular weight excluding hydrogens is 236 g/mol. The molecule has 0 saturated heterocycles. The Kier molecular flexibility index (Phi) is 3.09. The van der Waals surface area contributed by atoms with Gasteiger partial charge in [0.1, 0.15) is 12.2 Å². The van der Waals surface area contributed by atoms with Crippen LogP contribution < -0.4 is 0 Å². The zero-order valence-corrected chi connectivity index (χ0v) is 11.6. The number of hydrogen-bond donors (Lipinski definition) is 0. The van der Waals surface area contributed by atoms with Gasteiger partial charge in [0.25, 0.3) is 0 Å². The van der Waals surface area contributed by atoms with Crippen molar-refractivity contribution in [2.45, 2.75) is 46.0 Å². The second-order valence-electron chi connectivity index (χ2n) is 5.95. The minimum Gasteiger partial charge on any atom is -0.237 e. The van der Waals surface area contributed by atoms with Gasteiger partial charge >= 0.3 is 0 Å². The molecule has 0 N–H and O–H groups in total. The van der Waals surface area contributed by atoms with E-state index < -0.39 is 0 Å². The molecule has 2 aromatic rings. The fourth-order valence-corrected chi connectivity index (χ4v) is 3.05. The van der Waals surface area contributed by atoms with Crippen molar-refractivity contribution in [3.63, 3.8) is 0 Å². The zero-order chi connectivity index (χ0) is 13.3. The Hall–Kier alpha value is -1.71. The molecule has 1 fully saturated rings. The summed E-state index contributed by atoms with van der Waals surface area (Å²) in [7, 11) is 0. The zero-order valence-electron chi connectivity index (χ0n) is 11.6. The first kappa shape index (κ1) is 12.3. The van der Waals surface area contributed by atoms with E-state index in [2.05, 4.69) is 34.1 Å². The van der Waals surface area contributed by atoms with Crippen LogP contribution in [0.5, 0.6) is 0 Å². The summed E-state index contributed by atoms with van der Waals surface area (Å²) in [4.78, 5) is 8.53. The molecule has 4 heteroatoms. The number of pyridine rings is 1. The maximum Gasteiger partial charge on any atom is 0.155 e. The molecule has 0 atom stereocenters. The highest BCUT2D eigenvalue weighted by molar-refractivity contribution is 5.27. The summed E-state index contributed by atoms with van der Waals surface area (Å²) < 4.78 is 1.75. The number of aromatic nitrogens is 4. The second-order valence-corrected chi connectivity index (χ2v) is 5.95. The number of nitrogens with zero attached hydrogens (tertiary/aromatic N) is 4. The van der Waals surface area contributed by atoms with Crippen LogP contribution in [-0.2, 0) is 6.42 Å². The molecule has 0 aliphatic heterocycles. The van der Waals surface area contributed by atoms with Gasteiger partial charge in [-0.2, -0.15) is 5.10 Å². The van der Waals surface area contributed by atoms with Crippen LogP contribution >= 0.6 is 0 Å². The molecule has 100 valence electrons. The van der Waals surface area contributed by atoms with Gasteiger partial charge in [0, 0.05) is 6.20 Å². The fourth-order valence-electron chi connectivity index (χ4n) is 3.05. The standard InChI is InChI=1S/C15H20N4/c1-12-17-11-19(18-12)14-9-13(5-8-16-14)10-15(2)6-3-4-7-15/h5,8-9,11H,3-4,6-7,10H2,1-2H3. The van der Waals surface area contributed by atoms with Gasteiger partial charge in [-0.05, 0) is 49.3 Å². The van der Waals surface area contributed by atoms with Crippen LogP contribution in [0, 0.1) is 12.3 Å². The minimum absolute atomic E-state index is 0.469. The van der Waals surface area contributed by atoms with Crippen molar-refractivity contribution in [1.82, 2.24) is 19.7 Å². The van der Waals surface area contributed by atoms with Gasteiger partial charge < -0.3 is 0 Å². The molecule has 4 nitrogen and oxygen atoms in total. The summed E-state index contributed by atoms with van der Waals surface area (Å²) in [5.74, 6) is 1.63. The third-order valence-electron chi connectivity index (χ3n) is 4.09. The van der Waals surface area contributed by atoms with E-state index in [0.29, 0.717) is 5.41 Å². The summed E-state index contributed by atoms with van der Waals surface area (Å²) in [5, 5.41) is 4.31. The Bertz CT molecular complexity index is 567. The van der Waals surface area contributed by atoms with Gasteiger partial charge in [-0.15, -0.1) is 0 Å². The van der Waals surface area contributed by atoms with Crippen molar-refractivity contribution in [1.29, 1.82) is 0 Å². The average Bonchev–Trinajstić information content (AvgIpc) is 2.99. The molecule has 2 aromatic heterocycles. The third kappa shape index (κ3) is 2.67. The van der Waals surface area contributed by atoms with Crippen LogP contribution in [0.2, 0.25) is 0 Å². The van der Waals surface area contributed by atoms with E-state index >= 15 is 0 Å². The first-order valence-corrected chi connectivity index (χ1v) is 6.98. The number of aryl methyl sites for hydroxylation is 1. The van der Waals surface area contributed by atoms with Crippen molar-refractivity contribution in [2.75, 3.05) is 0 Å². The third-order valence-corrected chi connectivity index (χ3v) is 4.09. The summed E-state index contributed by atoms with van der Waals surface area (Å²) in [6, 6.07) is 4.26. The Balaban J connectivity index is 1.83. The molecule has 0 spiro atoms. The predicted octanol–water partition coefficient (Wildman–Crippen LogP) is 3.09. The van der Waals surface area contributed by atoms with Crippen LogP contribution in [0.25, 0.3) is 5.82 Å². The van der Waals surface area contributed by atoms with Crippen molar-refractivity contribution < 1.29 is 0 Å². The maximum absolute atomic E-state index is 4.38. The molecule has 0 radical (unpaired) electrons. The minimum atomic E-state index is 0.469. The highest BCUT2D eigenvalue weighted by atomic mass is 15.4. The van der Waals surface area contributed by atoms with Gasteiger partial charge in [0.2, 0.25) is 0 Å². The largest absolute Gasteiger partial charge is 0.237 e. The van der Waals surface area contributed by atoms with Gasteiger partial charge in [-0.1, -0.05) is 19.8 Å². The van der Waals surface area contributed by atoms with E-state index in [1.54, 1.807) is 11.0 Å². The van der Waals surface area contributed by atoms with E-state index in [1.165, 1.54) is 31.2 Å². The molecule has 3 rings (SSSR count). The van der Waals surface area contributed by atoms with Crippen LogP contribution in [0.4, 0.5) is 0 Å². The molecule has 1 saturated carbocycles. The lowest BCUT2D eigenvalue weighted by atomic mass is 9.82. The monoisotopic (exact) mass is 256 g/mol. The predicted molar refractivity (Wildman–Crippen MR) is 74.2 cm³/mol. The van der Waals surface area contributed by atoms with Gasteiger partial charge in [-0.3, -0.25) is 0 Å². The first-order valence-electron chi connectivity index (χ1n) is 6.98. The van der Waals surface area contributed by atoms with Crippen LogP contribution in [0.3, 0.4) is 0 Å². The summed E-state index contributed by atoms with van der Waals surface area (Å²) in [6.45, 7) is 4.29. The topological polar surface area (TPSA) is 43.6 Å². The summed E-state index contributed by atoms with van der Waals surface area (Å²) in [5.41, 5.74) is 1.82. The van der Waals surface area contributed by atoms with E-state index in [0.717, 1.165) is 18.1 Å². The van der Waals surface area contributed by atoms with E-state index in [-0.39, 0.29) is 0 Å². The normalized spacial score (nSPS) is 17.8. The second kappa shape index (κ2) is 4.76. The fraction of sp³-hybridized carbons (Fsp3) is 0.533. The molecule has 0 amide bonds. The van der Waals surface area contributed by atoms with Crippen LogP contribution in [0.15, 0.2) is 24.7 Å². The number of hydrogen-bond acceptors (Lipinski definition) is 3. The highest BCUT2D eigenvalue weighted by Gasteiger charge is 2.28. The average molecular weight is 256 g/mol. The molecule has 19 heavy (non-hydrogen) atoms. The van der Waals surface area contributed by atoms with Gasteiger partial charge in [0.15, 0.2) is 5.82 Å². The molecule has 1 aliphatic rings. The quantitative estimate of drug-likeness (QED) is 0.847. The van der Waals surface area contributed by atoms with Crippen molar-refractivity contribution in [3.8, 4) is 5.82 Å². The molecule has 1 aliphatic carbocycles. The van der Waals surface area contributed by atoms with E-state index in [4.69, 9.17) is 0 Å². The lowest BCUT2D eigenvalue weighted by Gasteiger charge is -2.23. The van der Waals surface area contributed by atoms with Crippen LogP contribution in [0.1, 0.15) is 44.0 Å².